The normalized spacial score (nSPS) is 10.7. The van der Waals surface area contributed by atoms with Crippen LogP contribution in [0.25, 0.3) is 0 Å². The van der Waals surface area contributed by atoms with E-state index in [1.807, 2.05) is 0 Å². The standard InChI is InChI=1S/C9H14Br3N3O4/c10-3-13-6(16)1-9(19,8(18)15-5-12)2-7(17)14-4-11/h19H,1-5H2,(H,13,16)(H,14,17)(H,15,18). The summed E-state index contributed by atoms with van der Waals surface area (Å²) in [6.45, 7) is 0. The van der Waals surface area contributed by atoms with Crippen LogP contribution in [-0.4, -0.2) is 44.8 Å². The maximum absolute atomic E-state index is 11.8. The van der Waals surface area contributed by atoms with Gasteiger partial charge < -0.3 is 21.1 Å². The molecule has 0 aliphatic carbocycles. The van der Waals surface area contributed by atoms with E-state index in [2.05, 4.69) is 63.7 Å². The van der Waals surface area contributed by atoms with Crippen LogP contribution < -0.4 is 16.0 Å². The largest absolute Gasteiger partial charge is 0.379 e. The van der Waals surface area contributed by atoms with Gasteiger partial charge >= 0.3 is 0 Å². The van der Waals surface area contributed by atoms with Crippen molar-refractivity contribution in [3.63, 3.8) is 0 Å². The molecule has 0 unspecified atom stereocenters. The number of halogens is 3. The summed E-state index contributed by atoms with van der Waals surface area (Å²) in [5.74, 6) is -1.88. The Hall–Kier alpha value is -0.190. The molecule has 0 atom stereocenters. The number of carbonyl (C=O) groups is 3. The molecule has 19 heavy (non-hydrogen) atoms. The number of hydrogen-bond acceptors (Lipinski definition) is 4. The Morgan fingerprint density at radius 2 is 1.21 bits per heavy atom. The highest BCUT2D eigenvalue weighted by atomic mass is 79.9. The summed E-state index contributed by atoms with van der Waals surface area (Å²) < 4.78 is 0. The molecule has 7 nitrogen and oxygen atoms in total. The Labute approximate surface area is 135 Å². The zero-order valence-corrected chi connectivity index (χ0v) is 14.6. The molecule has 0 aromatic heterocycles. The summed E-state index contributed by atoms with van der Waals surface area (Å²) in [5, 5.41) is 17.3. The van der Waals surface area contributed by atoms with Crippen LogP contribution in [-0.2, 0) is 14.4 Å². The highest BCUT2D eigenvalue weighted by molar-refractivity contribution is 9.09. The first kappa shape index (κ1) is 18.8. The van der Waals surface area contributed by atoms with E-state index >= 15 is 0 Å². The average Bonchev–Trinajstić information content (AvgIpc) is 2.29. The van der Waals surface area contributed by atoms with Gasteiger partial charge in [-0.2, -0.15) is 0 Å². The fraction of sp³-hybridized carbons (Fsp3) is 0.667. The molecule has 10 heteroatoms. The zero-order valence-electron chi connectivity index (χ0n) is 9.84. The minimum atomic E-state index is -2.09. The van der Waals surface area contributed by atoms with Crippen molar-refractivity contribution in [2.45, 2.75) is 18.4 Å². The maximum atomic E-state index is 11.8. The minimum absolute atomic E-state index is 0.105. The van der Waals surface area contributed by atoms with Crippen LogP contribution in [0.5, 0.6) is 0 Å². The van der Waals surface area contributed by atoms with Gasteiger partial charge in [0.2, 0.25) is 11.8 Å². The fourth-order valence-corrected chi connectivity index (χ4v) is 2.13. The number of rotatable bonds is 8. The molecular formula is C9H14Br3N3O4. The molecule has 0 rings (SSSR count). The van der Waals surface area contributed by atoms with Gasteiger partial charge in [0, 0.05) is 0 Å². The van der Waals surface area contributed by atoms with E-state index < -0.39 is 36.2 Å². The fourth-order valence-electron chi connectivity index (χ4n) is 1.25. The Morgan fingerprint density at radius 3 is 1.53 bits per heavy atom. The lowest BCUT2D eigenvalue weighted by molar-refractivity contribution is -0.149. The van der Waals surface area contributed by atoms with Crippen molar-refractivity contribution in [1.29, 1.82) is 0 Å². The van der Waals surface area contributed by atoms with E-state index in [1.54, 1.807) is 0 Å². The van der Waals surface area contributed by atoms with E-state index in [9.17, 15) is 19.5 Å². The summed E-state index contributed by atoms with van der Waals surface area (Å²) in [4.78, 5) is 34.7. The molecule has 0 aromatic rings. The first-order valence-electron chi connectivity index (χ1n) is 5.11. The van der Waals surface area contributed by atoms with Gasteiger partial charge in [-0.15, -0.1) is 0 Å². The molecule has 0 aliphatic heterocycles. The average molecular weight is 468 g/mol. The van der Waals surface area contributed by atoms with Crippen molar-refractivity contribution in [1.82, 2.24) is 16.0 Å². The lowest BCUT2D eigenvalue weighted by atomic mass is 9.93. The zero-order chi connectivity index (χ0) is 14.9. The number of amides is 3. The minimum Gasteiger partial charge on any atom is -0.379 e. The molecular weight excluding hydrogens is 454 g/mol. The van der Waals surface area contributed by atoms with Crippen molar-refractivity contribution in [2.24, 2.45) is 0 Å². The first-order chi connectivity index (χ1) is 8.89. The van der Waals surface area contributed by atoms with Crippen molar-refractivity contribution < 1.29 is 19.5 Å². The summed E-state index contributed by atoms with van der Waals surface area (Å²) in [6.07, 6.45) is -1.01. The van der Waals surface area contributed by atoms with E-state index in [1.165, 1.54) is 0 Å². The summed E-state index contributed by atoms with van der Waals surface area (Å²) in [7, 11) is 0. The van der Waals surface area contributed by atoms with Gasteiger partial charge in [0.05, 0.1) is 29.2 Å². The predicted octanol–water partition coefficient (Wildman–Crippen LogP) is -0.0965. The SMILES string of the molecule is O=C(CC(O)(CC(=O)NCBr)C(=O)NCBr)NCBr. The van der Waals surface area contributed by atoms with Crippen LogP contribution in [0.15, 0.2) is 0 Å². The van der Waals surface area contributed by atoms with Gasteiger partial charge in [-0.25, -0.2) is 0 Å². The van der Waals surface area contributed by atoms with Gasteiger partial charge in [-0.05, 0) is 0 Å². The number of alkyl halides is 3. The van der Waals surface area contributed by atoms with E-state index in [-0.39, 0.29) is 16.4 Å². The Bertz CT molecular complexity index is 321. The quantitative estimate of drug-likeness (QED) is 0.295. The highest BCUT2D eigenvalue weighted by Crippen LogP contribution is 2.16. The Morgan fingerprint density at radius 1 is 0.842 bits per heavy atom. The van der Waals surface area contributed by atoms with E-state index in [4.69, 9.17) is 0 Å². The van der Waals surface area contributed by atoms with Gasteiger partial charge in [-0.1, -0.05) is 47.8 Å². The van der Waals surface area contributed by atoms with Crippen molar-refractivity contribution in [3.8, 4) is 0 Å². The maximum Gasteiger partial charge on any atom is 0.253 e. The number of aliphatic hydroxyl groups is 1. The smallest absolute Gasteiger partial charge is 0.253 e. The first-order valence-corrected chi connectivity index (χ1v) is 8.48. The third kappa shape index (κ3) is 7.23. The van der Waals surface area contributed by atoms with E-state index in [0.29, 0.717) is 0 Å². The predicted molar refractivity (Wildman–Crippen MR) is 80.0 cm³/mol. The molecule has 0 fully saturated rings. The van der Waals surface area contributed by atoms with Crippen LogP contribution in [0.1, 0.15) is 12.8 Å². The molecule has 0 saturated heterocycles. The van der Waals surface area contributed by atoms with E-state index in [0.717, 1.165) is 0 Å². The van der Waals surface area contributed by atoms with Crippen LogP contribution in [0, 0.1) is 0 Å². The van der Waals surface area contributed by atoms with Crippen molar-refractivity contribution >= 4 is 65.5 Å². The lowest BCUT2D eigenvalue weighted by Gasteiger charge is -2.25. The molecule has 3 amide bonds. The summed E-state index contributed by atoms with van der Waals surface area (Å²) in [5.41, 5.74) is -1.61. The van der Waals surface area contributed by atoms with Gasteiger partial charge in [0.25, 0.3) is 5.91 Å². The third-order valence-corrected chi connectivity index (χ3v) is 2.93. The number of hydrogen-bond donors (Lipinski definition) is 4. The molecule has 0 heterocycles. The summed E-state index contributed by atoms with van der Waals surface area (Å²) >= 11 is 8.97. The number of carbonyl (C=O) groups excluding carboxylic acids is 3. The van der Waals surface area contributed by atoms with Crippen LogP contribution in [0.2, 0.25) is 0 Å². The number of nitrogens with one attached hydrogen (secondary N) is 3. The molecule has 110 valence electrons. The molecule has 0 aliphatic rings. The molecule has 0 aromatic carbocycles. The van der Waals surface area contributed by atoms with Gasteiger partial charge in [-0.3, -0.25) is 14.4 Å². The second-order valence-corrected chi connectivity index (χ2v) is 5.17. The van der Waals surface area contributed by atoms with Gasteiger partial charge in [0.1, 0.15) is 0 Å². The molecule has 4 N–H and O–H groups in total. The second kappa shape index (κ2) is 9.67. The second-order valence-electron chi connectivity index (χ2n) is 3.49. The van der Waals surface area contributed by atoms with Crippen molar-refractivity contribution in [3.05, 3.63) is 0 Å². The molecule has 0 spiro atoms. The van der Waals surface area contributed by atoms with Crippen LogP contribution >= 0.6 is 47.8 Å². The molecule has 0 radical (unpaired) electrons. The Balaban J connectivity index is 4.85. The Kier molecular flexibility index (Phi) is 9.58. The van der Waals surface area contributed by atoms with Crippen molar-refractivity contribution in [2.75, 3.05) is 16.4 Å². The monoisotopic (exact) mass is 465 g/mol. The topological polar surface area (TPSA) is 108 Å². The lowest BCUT2D eigenvalue weighted by Crippen LogP contribution is -2.51. The summed E-state index contributed by atoms with van der Waals surface area (Å²) in [6, 6.07) is 0. The van der Waals surface area contributed by atoms with Gasteiger partial charge in [0.15, 0.2) is 5.60 Å². The molecule has 0 bridgehead atoms. The van der Waals surface area contributed by atoms with Crippen LogP contribution in [0.3, 0.4) is 0 Å². The highest BCUT2D eigenvalue weighted by Gasteiger charge is 2.40. The van der Waals surface area contributed by atoms with Crippen LogP contribution in [0.4, 0.5) is 0 Å². The third-order valence-electron chi connectivity index (χ3n) is 2.08. The molecule has 0 saturated carbocycles.